The van der Waals surface area contributed by atoms with Crippen molar-refractivity contribution < 1.29 is 9.47 Å². The summed E-state index contributed by atoms with van der Waals surface area (Å²) in [6.07, 6.45) is 6.62. The standard InChI is InChI=1S/C17H28N4O2/c1-4-23-17-11-16(18-12-19-17)20(2)15-9-13-5-6-14(10-15)21(13)7-8-22-3/h11-15H,4-10H2,1-3H3/t13-,14+,15?. The molecule has 0 radical (unpaired) electrons. The lowest BCUT2D eigenvalue weighted by Gasteiger charge is -2.42. The SMILES string of the molecule is CCOc1cc(N(C)C2C[C@H]3CC[C@@H](C2)N3CCOC)ncn1. The molecule has 3 atom stereocenters. The van der Waals surface area contributed by atoms with Crippen LogP contribution in [-0.2, 0) is 4.74 Å². The predicted molar refractivity (Wildman–Crippen MR) is 90.0 cm³/mol. The van der Waals surface area contributed by atoms with Crippen LogP contribution in [0.4, 0.5) is 5.82 Å². The van der Waals surface area contributed by atoms with E-state index in [1.807, 2.05) is 13.0 Å². The Labute approximate surface area is 138 Å². The Hall–Kier alpha value is -1.40. The van der Waals surface area contributed by atoms with Crippen molar-refractivity contribution in [2.75, 3.05) is 38.8 Å². The van der Waals surface area contributed by atoms with E-state index in [-0.39, 0.29) is 0 Å². The Bertz CT molecular complexity index is 499. The van der Waals surface area contributed by atoms with E-state index in [0.717, 1.165) is 19.0 Å². The molecule has 3 heterocycles. The summed E-state index contributed by atoms with van der Waals surface area (Å²) in [5.74, 6) is 1.61. The van der Waals surface area contributed by atoms with Crippen LogP contribution in [0, 0.1) is 0 Å². The van der Waals surface area contributed by atoms with Gasteiger partial charge in [-0.15, -0.1) is 0 Å². The quantitative estimate of drug-likeness (QED) is 0.765. The summed E-state index contributed by atoms with van der Waals surface area (Å²) in [7, 11) is 3.93. The first-order chi connectivity index (χ1) is 11.2. The van der Waals surface area contributed by atoms with E-state index < -0.39 is 0 Å². The normalized spacial score (nSPS) is 27.2. The van der Waals surface area contributed by atoms with E-state index in [2.05, 4.69) is 26.8 Å². The molecule has 0 amide bonds. The van der Waals surface area contributed by atoms with Gasteiger partial charge in [-0.3, -0.25) is 4.90 Å². The minimum Gasteiger partial charge on any atom is -0.478 e. The van der Waals surface area contributed by atoms with Crippen LogP contribution in [0.5, 0.6) is 5.88 Å². The molecule has 1 aromatic heterocycles. The smallest absolute Gasteiger partial charge is 0.218 e. The highest BCUT2D eigenvalue weighted by molar-refractivity contribution is 5.41. The number of rotatable bonds is 7. The Kier molecular flexibility index (Phi) is 5.33. The Balaban J connectivity index is 1.65. The van der Waals surface area contributed by atoms with E-state index in [4.69, 9.17) is 9.47 Å². The van der Waals surface area contributed by atoms with Gasteiger partial charge in [0.1, 0.15) is 12.1 Å². The van der Waals surface area contributed by atoms with Crippen molar-refractivity contribution in [3.05, 3.63) is 12.4 Å². The van der Waals surface area contributed by atoms with Crippen molar-refractivity contribution in [2.45, 2.75) is 50.7 Å². The Morgan fingerprint density at radius 2 is 2.00 bits per heavy atom. The van der Waals surface area contributed by atoms with Crippen LogP contribution in [0.25, 0.3) is 0 Å². The van der Waals surface area contributed by atoms with Gasteiger partial charge in [0.05, 0.1) is 13.2 Å². The van der Waals surface area contributed by atoms with Crippen molar-refractivity contribution in [3.63, 3.8) is 0 Å². The van der Waals surface area contributed by atoms with Gasteiger partial charge in [-0.05, 0) is 32.6 Å². The van der Waals surface area contributed by atoms with Gasteiger partial charge in [-0.25, -0.2) is 9.97 Å². The third-order valence-electron chi connectivity index (χ3n) is 5.24. The highest BCUT2D eigenvalue weighted by Gasteiger charge is 2.41. The molecule has 2 aliphatic rings. The van der Waals surface area contributed by atoms with Crippen LogP contribution in [-0.4, -0.2) is 66.9 Å². The largest absolute Gasteiger partial charge is 0.478 e. The molecular weight excluding hydrogens is 292 g/mol. The van der Waals surface area contributed by atoms with Crippen LogP contribution in [0.15, 0.2) is 12.4 Å². The maximum absolute atomic E-state index is 5.50. The van der Waals surface area contributed by atoms with Crippen LogP contribution in [0.1, 0.15) is 32.6 Å². The molecule has 0 N–H and O–H groups in total. The molecule has 0 saturated carbocycles. The summed E-state index contributed by atoms with van der Waals surface area (Å²) < 4.78 is 10.8. The molecular formula is C17H28N4O2. The predicted octanol–water partition coefficient (Wildman–Crippen LogP) is 1.95. The van der Waals surface area contributed by atoms with Crippen molar-refractivity contribution >= 4 is 5.82 Å². The fourth-order valence-electron chi connectivity index (χ4n) is 4.06. The van der Waals surface area contributed by atoms with Gasteiger partial charge in [0, 0.05) is 44.9 Å². The number of aromatic nitrogens is 2. The molecule has 1 aromatic rings. The summed E-state index contributed by atoms with van der Waals surface area (Å²) in [4.78, 5) is 13.6. The van der Waals surface area contributed by atoms with E-state index in [9.17, 15) is 0 Å². The average molecular weight is 320 g/mol. The van der Waals surface area contributed by atoms with Gasteiger partial charge in [0.25, 0.3) is 0 Å². The number of nitrogens with zero attached hydrogens (tertiary/aromatic N) is 4. The molecule has 2 aliphatic heterocycles. The zero-order chi connectivity index (χ0) is 16.2. The monoisotopic (exact) mass is 320 g/mol. The third-order valence-corrected chi connectivity index (χ3v) is 5.24. The van der Waals surface area contributed by atoms with Gasteiger partial charge >= 0.3 is 0 Å². The molecule has 0 aliphatic carbocycles. The first kappa shape index (κ1) is 16.5. The number of hydrogen-bond donors (Lipinski definition) is 0. The van der Waals surface area contributed by atoms with Crippen molar-refractivity contribution in [3.8, 4) is 5.88 Å². The zero-order valence-electron chi connectivity index (χ0n) is 14.4. The van der Waals surface area contributed by atoms with E-state index >= 15 is 0 Å². The van der Waals surface area contributed by atoms with E-state index in [0.29, 0.717) is 30.6 Å². The summed E-state index contributed by atoms with van der Waals surface area (Å²) in [5.41, 5.74) is 0. The second-order valence-electron chi connectivity index (χ2n) is 6.50. The summed E-state index contributed by atoms with van der Waals surface area (Å²) in [6, 6.07) is 3.85. The third kappa shape index (κ3) is 3.58. The molecule has 1 unspecified atom stereocenters. The molecule has 2 saturated heterocycles. The molecule has 6 heteroatoms. The van der Waals surface area contributed by atoms with Crippen molar-refractivity contribution in [1.82, 2.24) is 14.9 Å². The molecule has 0 aromatic carbocycles. The summed E-state index contributed by atoms with van der Waals surface area (Å²) in [6.45, 7) is 4.49. The zero-order valence-corrected chi connectivity index (χ0v) is 14.4. The van der Waals surface area contributed by atoms with E-state index in [1.54, 1.807) is 13.4 Å². The van der Waals surface area contributed by atoms with Crippen LogP contribution < -0.4 is 9.64 Å². The minimum absolute atomic E-state index is 0.538. The fraction of sp³-hybridized carbons (Fsp3) is 0.765. The first-order valence-electron chi connectivity index (χ1n) is 8.65. The van der Waals surface area contributed by atoms with Crippen LogP contribution in [0.2, 0.25) is 0 Å². The van der Waals surface area contributed by atoms with Crippen LogP contribution >= 0.6 is 0 Å². The molecule has 23 heavy (non-hydrogen) atoms. The minimum atomic E-state index is 0.538. The lowest BCUT2D eigenvalue weighted by Crippen LogP contribution is -2.50. The molecule has 6 nitrogen and oxygen atoms in total. The van der Waals surface area contributed by atoms with Gasteiger partial charge < -0.3 is 14.4 Å². The number of methoxy groups -OCH3 is 1. The average Bonchev–Trinajstić information content (AvgIpc) is 2.80. The van der Waals surface area contributed by atoms with Gasteiger partial charge in [0.15, 0.2) is 0 Å². The summed E-state index contributed by atoms with van der Waals surface area (Å²) in [5, 5.41) is 0. The molecule has 128 valence electrons. The topological polar surface area (TPSA) is 50.7 Å². The van der Waals surface area contributed by atoms with Crippen molar-refractivity contribution in [2.24, 2.45) is 0 Å². The number of piperidine rings is 1. The second-order valence-corrected chi connectivity index (χ2v) is 6.50. The van der Waals surface area contributed by atoms with Crippen LogP contribution in [0.3, 0.4) is 0 Å². The second kappa shape index (κ2) is 7.45. The van der Waals surface area contributed by atoms with Crippen molar-refractivity contribution in [1.29, 1.82) is 0 Å². The van der Waals surface area contributed by atoms with Gasteiger partial charge in [-0.1, -0.05) is 0 Å². The number of fused-ring (bicyclic) bond motifs is 2. The maximum Gasteiger partial charge on any atom is 0.218 e. The number of hydrogen-bond acceptors (Lipinski definition) is 6. The summed E-state index contributed by atoms with van der Waals surface area (Å²) >= 11 is 0. The number of anilines is 1. The Morgan fingerprint density at radius 1 is 1.26 bits per heavy atom. The number of ether oxygens (including phenoxy) is 2. The lowest BCUT2D eigenvalue weighted by molar-refractivity contribution is 0.0830. The maximum atomic E-state index is 5.50. The Morgan fingerprint density at radius 3 is 2.65 bits per heavy atom. The molecule has 2 fully saturated rings. The first-order valence-corrected chi connectivity index (χ1v) is 8.65. The van der Waals surface area contributed by atoms with E-state index in [1.165, 1.54) is 25.7 Å². The highest BCUT2D eigenvalue weighted by Crippen LogP contribution is 2.38. The lowest BCUT2D eigenvalue weighted by atomic mass is 9.96. The highest BCUT2D eigenvalue weighted by atomic mass is 16.5. The van der Waals surface area contributed by atoms with Gasteiger partial charge in [0.2, 0.25) is 5.88 Å². The molecule has 0 spiro atoms. The molecule has 3 rings (SSSR count). The molecule has 2 bridgehead atoms. The van der Waals surface area contributed by atoms with Gasteiger partial charge in [-0.2, -0.15) is 0 Å². The fourth-order valence-corrected chi connectivity index (χ4v) is 4.06.